The van der Waals surface area contributed by atoms with Crippen LogP contribution in [0.4, 0.5) is 0 Å². The molecule has 0 radical (unpaired) electrons. The number of aryl methyl sites for hydroxylation is 1. The second-order valence-electron chi connectivity index (χ2n) is 6.30. The van der Waals surface area contributed by atoms with E-state index in [0.717, 1.165) is 6.42 Å². The van der Waals surface area contributed by atoms with Crippen molar-refractivity contribution in [3.63, 3.8) is 0 Å². The van der Waals surface area contributed by atoms with E-state index in [9.17, 15) is 4.79 Å². The summed E-state index contributed by atoms with van der Waals surface area (Å²) >= 11 is 0. The summed E-state index contributed by atoms with van der Waals surface area (Å²) in [6, 6.07) is 8.49. The third-order valence-electron chi connectivity index (χ3n) is 4.05. The van der Waals surface area contributed by atoms with E-state index in [0.29, 0.717) is 6.54 Å². The maximum atomic E-state index is 12.0. The molecule has 0 aromatic heterocycles. The summed E-state index contributed by atoms with van der Waals surface area (Å²) in [6.07, 6.45) is 1.04. The fraction of sp³-hybridized carbons (Fsp3) is 0.588. The number of benzene rings is 1. The molecule has 0 heterocycles. The number of carbonyl (C=O) groups excluding carboxylic acids is 1. The van der Waals surface area contributed by atoms with Gasteiger partial charge in [0.15, 0.2) is 0 Å². The Hall–Kier alpha value is -1.06. The van der Waals surface area contributed by atoms with Gasteiger partial charge >= 0.3 is 0 Å². The highest BCUT2D eigenvalue weighted by Gasteiger charge is 2.23. The Morgan fingerprint density at radius 3 is 2.19 bits per heavy atom. The summed E-state index contributed by atoms with van der Waals surface area (Å²) < 4.78 is 0. The van der Waals surface area contributed by atoms with Crippen LogP contribution in [-0.2, 0) is 16.6 Å². The number of rotatable bonds is 6. The molecule has 3 nitrogen and oxygen atoms in total. The summed E-state index contributed by atoms with van der Waals surface area (Å²) in [5, 5.41) is 3.01. The molecule has 0 aliphatic carbocycles. The second kappa shape index (κ2) is 8.40. The van der Waals surface area contributed by atoms with Crippen LogP contribution in [0.1, 0.15) is 45.7 Å². The number of nitrogens with two attached hydrogens (primary N) is 1. The third-order valence-corrected chi connectivity index (χ3v) is 4.05. The molecule has 1 amide bonds. The average Bonchev–Trinajstić information content (AvgIpc) is 2.44. The van der Waals surface area contributed by atoms with Crippen LogP contribution in [0.5, 0.6) is 0 Å². The zero-order valence-electron chi connectivity index (χ0n) is 13.8. The number of hydrogen-bond acceptors (Lipinski definition) is 2. The fourth-order valence-electron chi connectivity index (χ4n) is 2.00. The van der Waals surface area contributed by atoms with Gasteiger partial charge in [-0.2, -0.15) is 0 Å². The zero-order valence-corrected chi connectivity index (χ0v) is 14.6. The molecule has 2 atom stereocenters. The quantitative estimate of drug-likeness (QED) is 0.848. The lowest BCUT2D eigenvalue weighted by molar-refractivity contribution is -0.125. The van der Waals surface area contributed by atoms with Crippen molar-refractivity contribution in [1.29, 1.82) is 0 Å². The lowest BCUT2D eigenvalue weighted by Gasteiger charge is -2.27. The molecule has 1 aromatic rings. The summed E-state index contributed by atoms with van der Waals surface area (Å²) in [7, 11) is 0. The lowest BCUT2D eigenvalue weighted by Crippen LogP contribution is -2.43. The molecule has 0 aliphatic heterocycles. The molecule has 1 rings (SSSR count). The monoisotopic (exact) mass is 312 g/mol. The first kappa shape index (κ1) is 19.9. The van der Waals surface area contributed by atoms with E-state index in [1.54, 1.807) is 0 Å². The molecular formula is C17H29ClN2O. The molecular weight excluding hydrogens is 284 g/mol. The molecule has 0 fully saturated rings. The molecule has 2 unspecified atom stereocenters. The largest absolute Gasteiger partial charge is 0.355 e. The van der Waals surface area contributed by atoms with Crippen molar-refractivity contribution in [1.82, 2.24) is 5.32 Å². The van der Waals surface area contributed by atoms with E-state index in [2.05, 4.69) is 50.4 Å². The van der Waals surface area contributed by atoms with Gasteiger partial charge in [-0.3, -0.25) is 4.79 Å². The van der Waals surface area contributed by atoms with E-state index in [-0.39, 0.29) is 35.7 Å². The fourth-order valence-corrected chi connectivity index (χ4v) is 2.00. The average molecular weight is 313 g/mol. The van der Waals surface area contributed by atoms with Gasteiger partial charge < -0.3 is 11.1 Å². The van der Waals surface area contributed by atoms with Gasteiger partial charge in [0.25, 0.3) is 0 Å². The normalized spacial score (nSPS) is 14.0. The van der Waals surface area contributed by atoms with Crippen LogP contribution < -0.4 is 11.1 Å². The predicted molar refractivity (Wildman–Crippen MR) is 91.9 cm³/mol. The highest BCUT2D eigenvalue weighted by Crippen LogP contribution is 2.23. The minimum absolute atomic E-state index is 0. The smallest absolute Gasteiger partial charge is 0.224 e. The van der Waals surface area contributed by atoms with E-state index in [1.807, 2.05) is 13.8 Å². The van der Waals surface area contributed by atoms with Gasteiger partial charge in [0.2, 0.25) is 5.91 Å². The van der Waals surface area contributed by atoms with E-state index in [1.165, 1.54) is 11.1 Å². The Balaban J connectivity index is 0.00000400. The summed E-state index contributed by atoms with van der Waals surface area (Å²) in [5.74, 6) is -0.133. The van der Waals surface area contributed by atoms with Gasteiger partial charge in [-0.1, -0.05) is 52.0 Å². The first-order chi connectivity index (χ1) is 9.27. The number of carbonyl (C=O) groups is 1. The SMILES string of the molecule is CCc1ccc(C(C)(C)CNC(=O)C(C)C(C)N)cc1.Cl. The van der Waals surface area contributed by atoms with Crippen molar-refractivity contribution in [3.05, 3.63) is 35.4 Å². The molecule has 4 heteroatoms. The third kappa shape index (κ3) is 5.68. The second-order valence-corrected chi connectivity index (χ2v) is 6.30. The van der Waals surface area contributed by atoms with Gasteiger partial charge in [0.1, 0.15) is 0 Å². The number of hydrogen-bond donors (Lipinski definition) is 2. The molecule has 0 saturated heterocycles. The molecule has 0 bridgehead atoms. The summed E-state index contributed by atoms with van der Waals surface area (Å²) in [4.78, 5) is 12.0. The van der Waals surface area contributed by atoms with Gasteiger partial charge in [-0.15, -0.1) is 12.4 Å². The standard InChI is InChI=1S/C17H28N2O.ClH/c1-6-14-7-9-15(10-8-14)17(4,5)11-19-16(20)12(2)13(3)18;/h7-10,12-13H,6,11,18H2,1-5H3,(H,19,20);1H. The van der Waals surface area contributed by atoms with Crippen molar-refractivity contribution in [2.75, 3.05) is 6.54 Å². The van der Waals surface area contributed by atoms with Crippen molar-refractivity contribution in [3.8, 4) is 0 Å². The molecule has 0 spiro atoms. The highest BCUT2D eigenvalue weighted by atomic mass is 35.5. The molecule has 0 saturated carbocycles. The Kier molecular flexibility index (Phi) is 7.98. The van der Waals surface area contributed by atoms with E-state index in [4.69, 9.17) is 5.73 Å². The van der Waals surface area contributed by atoms with Crippen LogP contribution in [0.15, 0.2) is 24.3 Å². The van der Waals surface area contributed by atoms with Gasteiger partial charge in [0, 0.05) is 23.9 Å². The Bertz CT molecular complexity index is 441. The van der Waals surface area contributed by atoms with Crippen molar-refractivity contribution in [2.24, 2.45) is 11.7 Å². The first-order valence-corrected chi connectivity index (χ1v) is 7.40. The van der Waals surface area contributed by atoms with E-state index < -0.39 is 0 Å². The van der Waals surface area contributed by atoms with Gasteiger partial charge in [0.05, 0.1) is 0 Å². The molecule has 3 N–H and O–H groups in total. The number of nitrogens with one attached hydrogen (secondary N) is 1. The molecule has 21 heavy (non-hydrogen) atoms. The topological polar surface area (TPSA) is 55.1 Å². The summed E-state index contributed by atoms with van der Waals surface area (Å²) in [5.41, 5.74) is 8.25. The van der Waals surface area contributed by atoms with Gasteiger partial charge in [-0.05, 0) is 24.5 Å². The van der Waals surface area contributed by atoms with Crippen LogP contribution >= 0.6 is 12.4 Å². The minimum Gasteiger partial charge on any atom is -0.355 e. The zero-order chi connectivity index (χ0) is 15.3. The summed E-state index contributed by atoms with van der Waals surface area (Å²) in [6.45, 7) is 10.8. The Labute approximate surface area is 135 Å². The minimum atomic E-state index is -0.159. The molecule has 120 valence electrons. The molecule has 0 aliphatic rings. The highest BCUT2D eigenvalue weighted by molar-refractivity contribution is 5.85. The van der Waals surface area contributed by atoms with Crippen LogP contribution in [0.3, 0.4) is 0 Å². The van der Waals surface area contributed by atoms with Crippen molar-refractivity contribution < 1.29 is 4.79 Å². The first-order valence-electron chi connectivity index (χ1n) is 7.40. The van der Waals surface area contributed by atoms with Crippen LogP contribution in [-0.4, -0.2) is 18.5 Å². The Morgan fingerprint density at radius 1 is 1.24 bits per heavy atom. The maximum Gasteiger partial charge on any atom is 0.224 e. The van der Waals surface area contributed by atoms with Crippen LogP contribution in [0.25, 0.3) is 0 Å². The lowest BCUT2D eigenvalue weighted by atomic mass is 9.84. The molecule has 1 aromatic carbocycles. The Morgan fingerprint density at radius 2 is 1.76 bits per heavy atom. The maximum absolute atomic E-state index is 12.0. The number of halogens is 1. The van der Waals surface area contributed by atoms with Crippen molar-refractivity contribution in [2.45, 2.75) is 52.5 Å². The van der Waals surface area contributed by atoms with Gasteiger partial charge in [-0.25, -0.2) is 0 Å². The van der Waals surface area contributed by atoms with Crippen molar-refractivity contribution >= 4 is 18.3 Å². The van der Waals surface area contributed by atoms with E-state index >= 15 is 0 Å². The van der Waals surface area contributed by atoms with Crippen LogP contribution in [0.2, 0.25) is 0 Å². The number of amides is 1. The predicted octanol–water partition coefficient (Wildman–Crippen LogP) is 3.05. The van der Waals surface area contributed by atoms with Crippen LogP contribution in [0, 0.1) is 5.92 Å².